The number of nitriles is 1. The highest BCUT2D eigenvalue weighted by atomic mass is 127. The third-order valence-electron chi connectivity index (χ3n) is 4.54. The third kappa shape index (κ3) is 5.14. The van der Waals surface area contributed by atoms with E-state index in [0.29, 0.717) is 16.7 Å². The lowest BCUT2D eigenvalue weighted by Crippen LogP contribution is -2.42. The number of carbonyl (C=O) groups excluding carboxylic acids is 2. The maximum absolute atomic E-state index is 13.5. The van der Waals surface area contributed by atoms with Crippen LogP contribution in [0.3, 0.4) is 0 Å². The van der Waals surface area contributed by atoms with E-state index in [4.69, 9.17) is 5.26 Å². The molecule has 1 atom stereocenters. The van der Waals surface area contributed by atoms with Crippen molar-refractivity contribution in [3.8, 4) is 6.07 Å². The minimum Gasteiger partial charge on any atom is -0.343 e. The van der Waals surface area contributed by atoms with Crippen LogP contribution in [-0.4, -0.2) is 46.3 Å². The van der Waals surface area contributed by atoms with Gasteiger partial charge in [-0.05, 0) is 56.2 Å². The summed E-state index contributed by atoms with van der Waals surface area (Å²) in [5.74, 6) is -4.30. The van der Waals surface area contributed by atoms with Gasteiger partial charge in [0.1, 0.15) is 6.04 Å². The van der Waals surface area contributed by atoms with Crippen LogP contribution in [0.2, 0.25) is 0 Å². The molecule has 3 rings (SSSR count). The zero-order valence-electron chi connectivity index (χ0n) is 15.0. The maximum atomic E-state index is 13.5. The van der Waals surface area contributed by atoms with E-state index >= 15 is 0 Å². The number of hydrogen-bond donors (Lipinski definition) is 1. The molecule has 29 heavy (non-hydrogen) atoms. The molecule has 1 aromatic heterocycles. The number of alkyl halides is 2. The molecule has 0 saturated carbocycles. The van der Waals surface area contributed by atoms with Crippen molar-refractivity contribution in [1.82, 2.24) is 14.8 Å². The minimum absolute atomic E-state index is 0.333. The SMILES string of the molecule is N#C[C@@H]1CC(F)(F)CN1C(=O)CNC(=O)c1cc(Br)n(Cc2ccccc2I)c1. The first-order valence-corrected chi connectivity index (χ1v) is 10.5. The number of likely N-dealkylation sites (tertiary alicyclic amines) is 1. The molecule has 1 N–H and O–H groups in total. The Morgan fingerprint density at radius 3 is 2.79 bits per heavy atom. The number of nitrogens with one attached hydrogen (secondary N) is 1. The van der Waals surface area contributed by atoms with Crippen molar-refractivity contribution >= 4 is 50.3 Å². The molecule has 1 aliphatic rings. The first-order chi connectivity index (χ1) is 13.7. The first kappa shape index (κ1) is 21.7. The smallest absolute Gasteiger partial charge is 0.268 e. The summed E-state index contributed by atoms with van der Waals surface area (Å²) >= 11 is 5.66. The van der Waals surface area contributed by atoms with Crippen LogP contribution < -0.4 is 5.32 Å². The fourth-order valence-electron chi connectivity index (χ4n) is 3.09. The van der Waals surface area contributed by atoms with Gasteiger partial charge in [0.2, 0.25) is 5.91 Å². The van der Waals surface area contributed by atoms with Gasteiger partial charge in [0.05, 0.1) is 29.3 Å². The van der Waals surface area contributed by atoms with Gasteiger partial charge >= 0.3 is 0 Å². The Labute approximate surface area is 188 Å². The lowest BCUT2D eigenvalue weighted by molar-refractivity contribution is -0.131. The average molecular weight is 577 g/mol. The van der Waals surface area contributed by atoms with Crippen LogP contribution >= 0.6 is 38.5 Å². The van der Waals surface area contributed by atoms with E-state index in [1.54, 1.807) is 18.3 Å². The number of amides is 2. The van der Waals surface area contributed by atoms with Crippen LogP contribution in [0.4, 0.5) is 8.78 Å². The van der Waals surface area contributed by atoms with Gasteiger partial charge in [0, 0.05) is 22.7 Å². The first-order valence-electron chi connectivity index (χ1n) is 8.64. The molecule has 2 heterocycles. The van der Waals surface area contributed by atoms with E-state index in [9.17, 15) is 18.4 Å². The zero-order valence-corrected chi connectivity index (χ0v) is 18.8. The molecule has 6 nitrogen and oxygen atoms in total. The molecule has 0 aliphatic carbocycles. The summed E-state index contributed by atoms with van der Waals surface area (Å²) in [7, 11) is 0. The molecule has 0 radical (unpaired) electrons. The summed E-state index contributed by atoms with van der Waals surface area (Å²) in [6.07, 6.45) is 0.965. The van der Waals surface area contributed by atoms with E-state index < -0.39 is 43.3 Å². The number of nitrogens with zero attached hydrogens (tertiary/aromatic N) is 3. The molecule has 1 fully saturated rings. The van der Waals surface area contributed by atoms with Gasteiger partial charge in [-0.1, -0.05) is 18.2 Å². The van der Waals surface area contributed by atoms with Crippen molar-refractivity contribution in [3.05, 3.63) is 55.8 Å². The van der Waals surface area contributed by atoms with Gasteiger partial charge in [0.15, 0.2) is 0 Å². The van der Waals surface area contributed by atoms with Crippen molar-refractivity contribution in [2.24, 2.45) is 0 Å². The summed E-state index contributed by atoms with van der Waals surface area (Å²) in [5, 5.41) is 11.4. The molecule has 2 amide bonds. The third-order valence-corrected chi connectivity index (χ3v) is 6.28. The molecule has 1 aliphatic heterocycles. The van der Waals surface area contributed by atoms with Crippen LogP contribution in [0.25, 0.3) is 0 Å². The topological polar surface area (TPSA) is 78.1 Å². The molecule has 2 aromatic rings. The number of carbonyl (C=O) groups is 2. The Morgan fingerprint density at radius 2 is 2.10 bits per heavy atom. The second-order valence-corrected chi connectivity index (χ2v) is 8.65. The fraction of sp³-hybridized carbons (Fsp3) is 0.316. The Morgan fingerprint density at radius 1 is 1.38 bits per heavy atom. The second-order valence-electron chi connectivity index (χ2n) is 6.68. The predicted molar refractivity (Wildman–Crippen MR) is 113 cm³/mol. The maximum Gasteiger partial charge on any atom is 0.268 e. The van der Waals surface area contributed by atoms with E-state index in [1.807, 2.05) is 28.8 Å². The molecule has 0 unspecified atom stereocenters. The fourth-order valence-corrected chi connectivity index (χ4v) is 4.12. The normalized spacial score (nSPS) is 17.8. The van der Waals surface area contributed by atoms with Crippen molar-refractivity contribution in [1.29, 1.82) is 5.26 Å². The van der Waals surface area contributed by atoms with Crippen LogP contribution in [0, 0.1) is 14.9 Å². The molecule has 1 saturated heterocycles. The van der Waals surface area contributed by atoms with Crippen molar-refractivity contribution in [2.45, 2.75) is 24.9 Å². The van der Waals surface area contributed by atoms with E-state index in [-0.39, 0.29) is 0 Å². The van der Waals surface area contributed by atoms with Crippen LogP contribution in [-0.2, 0) is 11.3 Å². The number of benzene rings is 1. The Kier molecular flexibility index (Phi) is 6.58. The van der Waals surface area contributed by atoms with Gasteiger partial charge in [0.25, 0.3) is 11.8 Å². The highest BCUT2D eigenvalue weighted by molar-refractivity contribution is 14.1. The van der Waals surface area contributed by atoms with E-state index in [2.05, 4.69) is 43.8 Å². The van der Waals surface area contributed by atoms with Gasteiger partial charge in [-0.3, -0.25) is 9.59 Å². The Balaban J connectivity index is 1.62. The summed E-state index contributed by atoms with van der Waals surface area (Å²) in [6.45, 7) is -0.706. The molecule has 1 aromatic carbocycles. The van der Waals surface area contributed by atoms with Crippen molar-refractivity contribution in [2.75, 3.05) is 13.1 Å². The number of aromatic nitrogens is 1. The van der Waals surface area contributed by atoms with Gasteiger partial charge in [-0.2, -0.15) is 5.26 Å². The minimum atomic E-state index is -3.09. The molecule has 0 spiro atoms. The number of halogens is 4. The number of hydrogen-bond acceptors (Lipinski definition) is 3. The average Bonchev–Trinajstić information content (AvgIpc) is 3.20. The van der Waals surface area contributed by atoms with Crippen molar-refractivity contribution in [3.63, 3.8) is 0 Å². The van der Waals surface area contributed by atoms with Gasteiger partial charge < -0.3 is 14.8 Å². The van der Waals surface area contributed by atoms with Crippen LogP contribution in [0.1, 0.15) is 22.3 Å². The largest absolute Gasteiger partial charge is 0.343 e. The number of rotatable bonds is 5. The highest BCUT2D eigenvalue weighted by Crippen LogP contribution is 2.31. The molecular formula is C19H16BrF2IN4O2. The standard InChI is InChI=1S/C19H16BrF2IN4O2/c20-16-5-13(10-26(16)9-12-3-1-2-4-15(12)23)18(29)25-8-17(28)27-11-19(21,22)6-14(27)7-24/h1-5,10,14H,6,8-9,11H2,(H,25,29)/t14-/m0/s1. The zero-order chi connectivity index (χ0) is 21.2. The van der Waals surface area contributed by atoms with E-state index in [1.165, 1.54) is 0 Å². The summed E-state index contributed by atoms with van der Waals surface area (Å²) in [6, 6.07) is 10.0. The van der Waals surface area contributed by atoms with Crippen molar-refractivity contribution < 1.29 is 18.4 Å². The van der Waals surface area contributed by atoms with E-state index in [0.717, 1.165) is 14.0 Å². The highest BCUT2D eigenvalue weighted by Gasteiger charge is 2.47. The van der Waals surface area contributed by atoms with Gasteiger partial charge in [-0.25, -0.2) is 8.78 Å². The molecular weight excluding hydrogens is 561 g/mol. The second kappa shape index (κ2) is 8.79. The molecule has 0 bridgehead atoms. The lowest BCUT2D eigenvalue weighted by atomic mass is 10.2. The Bertz CT molecular complexity index is 989. The van der Waals surface area contributed by atoms with Crippen LogP contribution in [0.5, 0.6) is 0 Å². The van der Waals surface area contributed by atoms with Crippen LogP contribution in [0.15, 0.2) is 41.1 Å². The summed E-state index contributed by atoms with van der Waals surface area (Å²) < 4.78 is 30.6. The molecule has 152 valence electrons. The predicted octanol–water partition coefficient (Wildman–Crippen LogP) is 3.39. The Hall–Kier alpha value is -2.00. The quantitative estimate of drug-likeness (QED) is 0.554. The van der Waals surface area contributed by atoms with Gasteiger partial charge in [-0.15, -0.1) is 0 Å². The lowest BCUT2D eigenvalue weighted by Gasteiger charge is -2.19. The summed E-state index contributed by atoms with van der Waals surface area (Å²) in [5.41, 5.74) is 1.42. The summed E-state index contributed by atoms with van der Waals surface area (Å²) in [4.78, 5) is 25.4. The molecule has 10 heteroatoms. The monoisotopic (exact) mass is 576 g/mol.